The monoisotopic (exact) mass is 395 g/mol. The first-order valence-electron chi connectivity index (χ1n) is 8.29. The lowest BCUT2D eigenvalue weighted by atomic mass is 10.2. The molecule has 0 bridgehead atoms. The van der Waals surface area contributed by atoms with Gasteiger partial charge >= 0.3 is 0 Å². The molecule has 0 unspecified atom stereocenters. The fraction of sp³-hybridized carbons (Fsp3) is 0.333. The van der Waals surface area contributed by atoms with Crippen LogP contribution in [0.15, 0.2) is 59.5 Å². The molecule has 0 aromatic heterocycles. The first-order valence-corrected chi connectivity index (χ1v) is 11.7. The number of hydrogen-bond acceptors (Lipinski definition) is 5. The number of sulfone groups is 1. The summed E-state index contributed by atoms with van der Waals surface area (Å²) in [6.45, 7) is 0.421. The summed E-state index contributed by atoms with van der Waals surface area (Å²) in [7, 11) is -6.77. The van der Waals surface area contributed by atoms with Crippen molar-refractivity contribution in [3.05, 3.63) is 54.6 Å². The van der Waals surface area contributed by atoms with Gasteiger partial charge in [0.2, 0.25) is 10.0 Å². The summed E-state index contributed by atoms with van der Waals surface area (Å²) in [5, 5.41) is -0.462. The Kier molecular flexibility index (Phi) is 5.36. The Labute approximate surface area is 154 Å². The van der Waals surface area contributed by atoms with E-state index in [0.717, 1.165) is 0 Å². The Bertz CT molecular complexity index is 946. The number of ether oxygens (including phenoxy) is 1. The largest absolute Gasteiger partial charge is 0.457 e. The van der Waals surface area contributed by atoms with E-state index >= 15 is 0 Å². The van der Waals surface area contributed by atoms with E-state index in [1.807, 2.05) is 30.3 Å². The van der Waals surface area contributed by atoms with E-state index in [2.05, 4.69) is 0 Å². The maximum absolute atomic E-state index is 12.7. The molecule has 8 heteroatoms. The van der Waals surface area contributed by atoms with Gasteiger partial charge in [0.05, 0.1) is 10.1 Å². The molecule has 0 amide bonds. The highest BCUT2D eigenvalue weighted by Crippen LogP contribution is 2.26. The number of nitrogens with zero attached hydrogens (tertiary/aromatic N) is 1. The smallest absolute Gasteiger partial charge is 0.243 e. The van der Waals surface area contributed by atoms with Crippen LogP contribution in [0.25, 0.3) is 0 Å². The summed E-state index contributed by atoms with van der Waals surface area (Å²) < 4.78 is 55.8. The number of para-hydroxylation sites is 1. The topological polar surface area (TPSA) is 80.8 Å². The van der Waals surface area contributed by atoms with Gasteiger partial charge in [0.1, 0.15) is 21.3 Å². The lowest BCUT2D eigenvalue weighted by Crippen LogP contribution is -2.42. The lowest BCUT2D eigenvalue weighted by molar-refractivity contribution is 0.346. The standard InChI is InChI=1S/C18H21NO5S2/c1-25(20,21)17-11-13-19(14-12-17)26(22,23)18-9-7-16(8-10-18)24-15-5-3-2-4-6-15/h2-10,17H,11-14H2,1H3. The second-order valence-corrected chi connectivity index (χ2v) is 10.6. The van der Waals surface area contributed by atoms with Crippen molar-refractivity contribution in [2.24, 2.45) is 0 Å². The molecule has 3 rings (SSSR count). The summed E-state index contributed by atoms with van der Waals surface area (Å²) in [6.07, 6.45) is 1.85. The Hall–Kier alpha value is -1.90. The molecule has 2 aromatic rings. The van der Waals surface area contributed by atoms with Gasteiger partial charge in [-0.1, -0.05) is 18.2 Å². The van der Waals surface area contributed by atoms with Gasteiger partial charge < -0.3 is 4.74 Å². The molecule has 0 atom stereocenters. The van der Waals surface area contributed by atoms with Crippen LogP contribution in [0.1, 0.15) is 12.8 Å². The predicted octanol–water partition coefficient (Wildman–Crippen LogP) is 2.68. The molecule has 1 aliphatic rings. The first-order chi connectivity index (χ1) is 12.3. The number of rotatable bonds is 5. The minimum atomic E-state index is -3.64. The Balaban J connectivity index is 1.70. The van der Waals surface area contributed by atoms with Crippen molar-refractivity contribution in [2.75, 3.05) is 19.3 Å². The summed E-state index contributed by atoms with van der Waals surface area (Å²) in [5.74, 6) is 1.22. The van der Waals surface area contributed by atoms with Crippen LogP contribution in [0.5, 0.6) is 11.5 Å². The first kappa shape index (κ1) is 18.9. The van der Waals surface area contributed by atoms with Gasteiger partial charge in [-0.3, -0.25) is 0 Å². The van der Waals surface area contributed by atoms with Crippen LogP contribution < -0.4 is 4.74 Å². The molecule has 0 radical (unpaired) electrons. The van der Waals surface area contributed by atoms with Gasteiger partial charge in [-0.2, -0.15) is 4.31 Å². The summed E-state index contributed by atoms with van der Waals surface area (Å²) in [6, 6.07) is 15.5. The molecular formula is C18H21NO5S2. The lowest BCUT2D eigenvalue weighted by Gasteiger charge is -2.30. The van der Waals surface area contributed by atoms with Gasteiger partial charge in [0.15, 0.2) is 0 Å². The highest BCUT2D eigenvalue weighted by Gasteiger charge is 2.33. The molecule has 6 nitrogen and oxygen atoms in total. The molecule has 0 aliphatic carbocycles. The van der Waals surface area contributed by atoms with E-state index in [0.29, 0.717) is 24.3 Å². The second-order valence-electron chi connectivity index (χ2n) is 6.32. The van der Waals surface area contributed by atoms with Crippen molar-refractivity contribution >= 4 is 19.9 Å². The molecule has 1 saturated heterocycles. The van der Waals surface area contributed by atoms with Crippen molar-refractivity contribution in [3.63, 3.8) is 0 Å². The van der Waals surface area contributed by atoms with E-state index in [1.54, 1.807) is 12.1 Å². The number of hydrogen-bond donors (Lipinski definition) is 0. The molecule has 140 valence electrons. The molecule has 2 aromatic carbocycles. The maximum atomic E-state index is 12.7. The molecular weight excluding hydrogens is 374 g/mol. The fourth-order valence-electron chi connectivity index (χ4n) is 2.95. The van der Waals surface area contributed by atoms with Crippen molar-refractivity contribution in [3.8, 4) is 11.5 Å². The van der Waals surface area contributed by atoms with Crippen LogP contribution in [0, 0.1) is 0 Å². The average molecular weight is 396 g/mol. The zero-order chi connectivity index (χ0) is 18.8. The number of benzene rings is 2. The van der Waals surface area contributed by atoms with E-state index in [1.165, 1.54) is 22.7 Å². The molecule has 1 fully saturated rings. The van der Waals surface area contributed by atoms with Crippen LogP contribution in [0.3, 0.4) is 0 Å². The quantitative estimate of drug-likeness (QED) is 0.777. The highest BCUT2D eigenvalue weighted by molar-refractivity contribution is 7.91. The minimum Gasteiger partial charge on any atom is -0.457 e. The van der Waals surface area contributed by atoms with Crippen molar-refractivity contribution in [1.29, 1.82) is 0 Å². The maximum Gasteiger partial charge on any atom is 0.243 e. The molecule has 26 heavy (non-hydrogen) atoms. The van der Waals surface area contributed by atoms with Gasteiger partial charge in [0.25, 0.3) is 0 Å². The number of sulfonamides is 1. The summed E-state index contributed by atoms with van der Waals surface area (Å²) in [4.78, 5) is 0.177. The molecule has 0 N–H and O–H groups in total. The third-order valence-corrected chi connectivity index (χ3v) is 8.04. The van der Waals surface area contributed by atoms with Crippen molar-refractivity contribution in [1.82, 2.24) is 4.31 Å². The van der Waals surface area contributed by atoms with E-state index < -0.39 is 25.1 Å². The van der Waals surface area contributed by atoms with Gasteiger partial charge in [-0.05, 0) is 49.2 Å². The van der Waals surface area contributed by atoms with Crippen LogP contribution in [-0.4, -0.2) is 45.7 Å². The van der Waals surface area contributed by atoms with Gasteiger partial charge in [-0.15, -0.1) is 0 Å². The van der Waals surface area contributed by atoms with Crippen molar-refractivity contribution in [2.45, 2.75) is 23.0 Å². The van der Waals surface area contributed by atoms with Gasteiger partial charge in [0, 0.05) is 19.3 Å². The highest BCUT2D eigenvalue weighted by atomic mass is 32.2. The fourth-order valence-corrected chi connectivity index (χ4v) is 5.49. The SMILES string of the molecule is CS(=O)(=O)C1CCN(S(=O)(=O)c2ccc(Oc3ccccc3)cc2)CC1. The van der Waals surface area contributed by atoms with E-state index in [-0.39, 0.29) is 18.0 Å². The second kappa shape index (κ2) is 7.38. The molecule has 0 spiro atoms. The van der Waals surface area contributed by atoms with Crippen molar-refractivity contribution < 1.29 is 21.6 Å². The predicted molar refractivity (Wildman–Crippen MR) is 99.6 cm³/mol. The average Bonchev–Trinajstić information content (AvgIpc) is 2.62. The van der Waals surface area contributed by atoms with E-state index in [4.69, 9.17) is 4.74 Å². The van der Waals surface area contributed by atoms with Crippen LogP contribution >= 0.6 is 0 Å². The third kappa shape index (κ3) is 4.25. The minimum absolute atomic E-state index is 0.177. The molecule has 0 saturated carbocycles. The zero-order valence-corrected chi connectivity index (χ0v) is 16.0. The van der Waals surface area contributed by atoms with E-state index in [9.17, 15) is 16.8 Å². The van der Waals surface area contributed by atoms with Crippen LogP contribution in [0.2, 0.25) is 0 Å². The summed E-state index contributed by atoms with van der Waals surface area (Å²) in [5.41, 5.74) is 0. The van der Waals surface area contributed by atoms with Crippen LogP contribution in [0.4, 0.5) is 0 Å². The zero-order valence-electron chi connectivity index (χ0n) is 14.4. The number of piperidine rings is 1. The van der Waals surface area contributed by atoms with Gasteiger partial charge in [-0.25, -0.2) is 16.8 Å². The third-order valence-electron chi connectivity index (χ3n) is 4.45. The Morgan fingerprint density at radius 3 is 1.92 bits per heavy atom. The summed E-state index contributed by atoms with van der Waals surface area (Å²) >= 11 is 0. The Morgan fingerprint density at radius 2 is 1.38 bits per heavy atom. The molecule has 1 aliphatic heterocycles. The van der Waals surface area contributed by atoms with Crippen LogP contribution in [-0.2, 0) is 19.9 Å². The normalized spacial score (nSPS) is 17.1. The molecule has 1 heterocycles. The Morgan fingerprint density at radius 1 is 0.846 bits per heavy atom.